The fourth-order valence-electron chi connectivity index (χ4n) is 0.957. The lowest BCUT2D eigenvalue weighted by Crippen LogP contribution is -2.13. The van der Waals surface area contributed by atoms with Crippen molar-refractivity contribution in [2.75, 3.05) is 24.6 Å². The molecule has 1 heterocycles. The van der Waals surface area contributed by atoms with Gasteiger partial charge in [0, 0.05) is 7.05 Å². The Hall–Kier alpha value is -1.47. The summed E-state index contributed by atoms with van der Waals surface area (Å²) in [4.78, 5) is 11.6. The Morgan fingerprint density at radius 3 is 2.71 bits per heavy atom. The summed E-state index contributed by atoms with van der Waals surface area (Å²) in [7, 11) is 1.66. The van der Waals surface area contributed by atoms with Crippen LogP contribution in [0.3, 0.4) is 0 Å². The van der Waals surface area contributed by atoms with Gasteiger partial charge in [0.05, 0.1) is 0 Å². The summed E-state index contributed by atoms with van der Waals surface area (Å²) in [6, 6.07) is 0. The summed E-state index contributed by atoms with van der Waals surface area (Å²) in [5.74, 6) is 0.659. The molecular formula is C7H14N6O. The van der Waals surface area contributed by atoms with Crippen LogP contribution in [0, 0.1) is 0 Å². The Bertz CT molecular complexity index is 304. The third-order valence-corrected chi connectivity index (χ3v) is 1.63. The van der Waals surface area contributed by atoms with Gasteiger partial charge in [0.2, 0.25) is 11.9 Å². The van der Waals surface area contributed by atoms with Gasteiger partial charge in [-0.3, -0.25) is 0 Å². The molecule has 14 heavy (non-hydrogen) atoms. The smallest absolute Gasteiger partial charge is 0.227 e. The molecule has 0 aliphatic carbocycles. The first kappa shape index (κ1) is 10.6. The van der Waals surface area contributed by atoms with E-state index in [0.717, 1.165) is 0 Å². The number of nitrogens with zero attached hydrogens (tertiary/aromatic N) is 3. The predicted octanol–water partition coefficient (Wildman–Crippen LogP) is -1.12. The number of anilines is 2. The molecule has 0 spiro atoms. The average Bonchev–Trinajstić information content (AvgIpc) is 2.17. The third kappa shape index (κ3) is 2.51. The topological polar surface area (TPSA) is 123 Å². The van der Waals surface area contributed by atoms with Crippen molar-refractivity contribution in [3.05, 3.63) is 5.82 Å². The zero-order valence-electron chi connectivity index (χ0n) is 7.94. The lowest BCUT2D eigenvalue weighted by molar-refractivity contribution is 0.160. The Morgan fingerprint density at radius 1 is 1.43 bits per heavy atom. The van der Waals surface area contributed by atoms with Crippen molar-refractivity contribution in [1.29, 1.82) is 0 Å². The van der Waals surface area contributed by atoms with Gasteiger partial charge in [-0.05, 0) is 13.0 Å². The summed E-state index contributed by atoms with van der Waals surface area (Å²) in [5.41, 5.74) is 10.7. The number of hydrogen-bond acceptors (Lipinski definition) is 7. The summed E-state index contributed by atoms with van der Waals surface area (Å²) >= 11 is 0. The molecule has 1 atom stereocenters. The van der Waals surface area contributed by atoms with Crippen LogP contribution in [0.5, 0.6) is 0 Å². The van der Waals surface area contributed by atoms with Crippen LogP contribution >= 0.6 is 0 Å². The molecule has 0 fully saturated rings. The minimum absolute atomic E-state index is 0.0791. The number of aromatic nitrogens is 3. The van der Waals surface area contributed by atoms with Crippen molar-refractivity contribution in [1.82, 2.24) is 15.0 Å². The molecule has 6 N–H and O–H groups in total. The molecule has 0 saturated carbocycles. The van der Waals surface area contributed by atoms with E-state index in [4.69, 9.17) is 11.5 Å². The molecular weight excluding hydrogens is 184 g/mol. The van der Waals surface area contributed by atoms with E-state index in [1.54, 1.807) is 7.05 Å². The first-order valence-electron chi connectivity index (χ1n) is 4.24. The lowest BCUT2D eigenvalue weighted by Gasteiger charge is -2.08. The molecule has 7 heteroatoms. The third-order valence-electron chi connectivity index (χ3n) is 1.63. The highest BCUT2D eigenvalue weighted by Gasteiger charge is 2.12. The van der Waals surface area contributed by atoms with Gasteiger partial charge in [-0.25, -0.2) is 0 Å². The minimum atomic E-state index is -0.794. The van der Waals surface area contributed by atoms with Crippen LogP contribution in [-0.4, -0.2) is 33.7 Å². The summed E-state index contributed by atoms with van der Waals surface area (Å²) in [6.45, 7) is 0.363. The first-order valence-corrected chi connectivity index (χ1v) is 4.24. The van der Waals surface area contributed by atoms with E-state index in [2.05, 4.69) is 20.3 Å². The monoisotopic (exact) mass is 198 g/mol. The molecule has 78 valence electrons. The fraction of sp³-hybridized carbons (Fsp3) is 0.571. The minimum Gasteiger partial charge on any atom is -0.385 e. The SMILES string of the molecule is CNc1nc(N)nc(C(O)CCN)n1. The molecule has 1 aromatic heterocycles. The number of nitrogen functional groups attached to an aromatic ring is 1. The second kappa shape index (κ2) is 4.68. The number of rotatable bonds is 4. The summed E-state index contributed by atoms with van der Waals surface area (Å²) < 4.78 is 0. The molecule has 0 saturated heterocycles. The van der Waals surface area contributed by atoms with Crippen molar-refractivity contribution in [2.24, 2.45) is 5.73 Å². The number of hydrogen-bond donors (Lipinski definition) is 4. The van der Waals surface area contributed by atoms with Crippen molar-refractivity contribution < 1.29 is 5.11 Å². The highest BCUT2D eigenvalue weighted by atomic mass is 16.3. The molecule has 0 aliphatic heterocycles. The van der Waals surface area contributed by atoms with E-state index in [1.807, 2.05) is 0 Å². The maximum atomic E-state index is 9.55. The zero-order chi connectivity index (χ0) is 10.6. The van der Waals surface area contributed by atoms with Gasteiger partial charge in [-0.15, -0.1) is 0 Å². The number of nitrogens with two attached hydrogens (primary N) is 2. The Labute approximate surface area is 81.6 Å². The summed E-state index contributed by atoms with van der Waals surface area (Å²) in [5, 5.41) is 12.3. The molecule has 0 bridgehead atoms. The van der Waals surface area contributed by atoms with Crippen LogP contribution in [0.1, 0.15) is 18.3 Å². The van der Waals surface area contributed by atoms with Gasteiger partial charge in [0.25, 0.3) is 0 Å². The van der Waals surface area contributed by atoms with E-state index in [-0.39, 0.29) is 11.8 Å². The van der Waals surface area contributed by atoms with E-state index < -0.39 is 6.10 Å². The molecule has 0 radical (unpaired) electrons. The average molecular weight is 198 g/mol. The van der Waals surface area contributed by atoms with Gasteiger partial charge >= 0.3 is 0 Å². The molecule has 1 unspecified atom stereocenters. The molecule has 1 aromatic rings. The van der Waals surface area contributed by atoms with Crippen molar-refractivity contribution in [2.45, 2.75) is 12.5 Å². The Kier molecular flexibility index (Phi) is 3.55. The van der Waals surface area contributed by atoms with E-state index in [9.17, 15) is 5.11 Å². The molecule has 0 amide bonds. The van der Waals surface area contributed by atoms with Crippen molar-refractivity contribution >= 4 is 11.9 Å². The highest BCUT2D eigenvalue weighted by Crippen LogP contribution is 2.13. The lowest BCUT2D eigenvalue weighted by atomic mass is 10.2. The number of aliphatic hydroxyl groups excluding tert-OH is 1. The second-order valence-electron chi connectivity index (χ2n) is 2.72. The Balaban J connectivity index is 2.90. The van der Waals surface area contributed by atoms with Gasteiger partial charge in [0.15, 0.2) is 5.82 Å². The van der Waals surface area contributed by atoms with Crippen LogP contribution in [-0.2, 0) is 0 Å². The highest BCUT2D eigenvalue weighted by molar-refractivity contribution is 5.30. The quantitative estimate of drug-likeness (QED) is 0.483. The van der Waals surface area contributed by atoms with Crippen molar-refractivity contribution in [3.8, 4) is 0 Å². The van der Waals surface area contributed by atoms with E-state index in [0.29, 0.717) is 18.9 Å². The fourth-order valence-corrected chi connectivity index (χ4v) is 0.957. The van der Waals surface area contributed by atoms with Crippen LogP contribution in [0.15, 0.2) is 0 Å². The van der Waals surface area contributed by atoms with Crippen LogP contribution < -0.4 is 16.8 Å². The van der Waals surface area contributed by atoms with Crippen molar-refractivity contribution in [3.63, 3.8) is 0 Å². The number of aliphatic hydroxyl groups is 1. The summed E-state index contributed by atoms with van der Waals surface area (Å²) in [6.07, 6.45) is -0.399. The number of nitrogens with one attached hydrogen (secondary N) is 1. The van der Waals surface area contributed by atoms with Crippen LogP contribution in [0.2, 0.25) is 0 Å². The zero-order valence-corrected chi connectivity index (χ0v) is 7.94. The van der Waals surface area contributed by atoms with Gasteiger partial charge < -0.3 is 21.9 Å². The largest absolute Gasteiger partial charge is 0.385 e. The van der Waals surface area contributed by atoms with Crippen LogP contribution in [0.25, 0.3) is 0 Å². The molecule has 0 aliphatic rings. The molecule has 0 aromatic carbocycles. The first-order chi connectivity index (χ1) is 6.67. The van der Waals surface area contributed by atoms with Gasteiger partial charge in [-0.2, -0.15) is 15.0 Å². The van der Waals surface area contributed by atoms with E-state index in [1.165, 1.54) is 0 Å². The second-order valence-corrected chi connectivity index (χ2v) is 2.72. The maximum Gasteiger partial charge on any atom is 0.227 e. The Morgan fingerprint density at radius 2 is 2.14 bits per heavy atom. The van der Waals surface area contributed by atoms with Crippen LogP contribution in [0.4, 0.5) is 11.9 Å². The molecule has 7 nitrogen and oxygen atoms in total. The van der Waals surface area contributed by atoms with E-state index >= 15 is 0 Å². The normalized spacial score (nSPS) is 12.5. The standard InChI is InChI=1S/C7H14N6O/c1-10-7-12-5(4(14)2-3-8)11-6(9)13-7/h4,14H,2-3,8H2,1H3,(H3,9,10,11,12,13). The molecule has 1 rings (SSSR count). The van der Waals surface area contributed by atoms with Gasteiger partial charge in [-0.1, -0.05) is 0 Å². The maximum absolute atomic E-state index is 9.55. The predicted molar refractivity (Wildman–Crippen MR) is 52.4 cm³/mol. The van der Waals surface area contributed by atoms with Gasteiger partial charge in [0.1, 0.15) is 6.10 Å².